The van der Waals surface area contributed by atoms with E-state index in [9.17, 15) is 4.79 Å². The van der Waals surface area contributed by atoms with E-state index in [2.05, 4.69) is 26.1 Å². The molecule has 68 valence electrons. The zero-order valence-electron chi connectivity index (χ0n) is 8.11. The van der Waals surface area contributed by atoms with E-state index < -0.39 is 0 Å². The van der Waals surface area contributed by atoms with Crippen LogP contribution < -0.4 is 5.32 Å². The normalized spacial score (nSPS) is 16.4. The van der Waals surface area contributed by atoms with E-state index in [-0.39, 0.29) is 11.3 Å². The summed E-state index contributed by atoms with van der Waals surface area (Å²) in [6.07, 6.45) is 4.02. The number of allylic oxidation sites excluding steroid dienone is 1. The minimum Gasteiger partial charge on any atom is -0.352 e. The van der Waals surface area contributed by atoms with Gasteiger partial charge >= 0.3 is 0 Å². The SMILES string of the molecule is CC(C)(C)CNC(=O)C1=CCC1. The van der Waals surface area contributed by atoms with Crippen molar-refractivity contribution in [2.24, 2.45) is 5.41 Å². The van der Waals surface area contributed by atoms with Crippen molar-refractivity contribution in [3.05, 3.63) is 11.6 Å². The minimum absolute atomic E-state index is 0.121. The second-order valence-electron chi connectivity index (χ2n) is 4.51. The largest absolute Gasteiger partial charge is 0.352 e. The fourth-order valence-corrected chi connectivity index (χ4v) is 0.954. The topological polar surface area (TPSA) is 29.1 Å². The molecule has 0 heterocycles. The maximum atomic E-state index is 11.3. The van der Waals surface area contributed by atoms with Crippen LogP contribution in [-0.2, 0) is 4.79 Å². The molecular formula is C10H17NO. The lowest BCUT2D eigenvalue weighted by atomic mass is 9.95. The third-order valence-electron chi connectivity index (χ3n) is 1.88. The van der Waals surface area contributed by atoms with E-state index in [1.54, 1.807) is 0 Å². The third kappa shape index (κ3) is 2.68. The van der Waals surface area contributed by atoms with E-state index in [0.29, 0.717) is 0 Å². The quantitative estimate of drug-likeness (QED) is 0.668. The Morgan fingerprint density at radius 1 is 1.58 bits per heavy atom. The Kier molecular flexibility index (Phi) is 2.55. The van der Waals surface area contributed by atoms with Crippen molar-refractivity contribution in [3.63, 3.8) is 0 Å². The highest BCUT2D eigenvalue weighted by Gasteiger charge is 2.17. The Labute approximate surface area is 74.0 Å². The highest BCUT2D eigenvalue weighted by atomic mass is 16.1. The summed E-state index contributed by atoms with van der Waals surface area (Å²) >= 11 is 0. The van der Waals surface area contributed by atoms with Gasteiger partial charge in [0.1, 0.15) is 0 Å². The molecule has 0 fully saturated rings. The summed E-state index contributed by atoms with van der Waals surface area (Å²) in [6, 6.07) is 0. The van der Waals surface area contributed by atoms with E-state index in [1.807, 2.05) is 6.08 Å². The van der Waals surface area contributed by atoms with Gasteiger partial charge in [-0.3, -0.25) is 4.79 Å². The first-order valence-corrected chi connectivity index (χ1v) is 4.46. The Bertz CT molecular complexity index is 210. The first kappa shape index (κ1) is 9.30. The van der Waals surface area contributed by atoms with Gasteiger partial charge in [0.05, 0.1) is 0 Å². The molecular weight excluding hydrogens is 150 g/mol. The van der Waals surface area contributed by atoms with Gasteiger partial charge in [-0.15, -0.1) is 0 Å². The number of nitrogens with one attached hydrogen (secondary N) is 1. The van der Waals surface area contributed by atoms with Gasteiger partial charge in [0.25, 0.3) is 0 Å². The average Bonchev–Trinajstić information content (AvgIpc) is 1.78. The zero-order valence-corrected chi connectivity index (χ0v) is 8.11. The molecule has 0 aromatic rings. The molecule has 0 radical (unpaired) electrons. The monoisotopic (exact) mass is 167 g/mol. The lowest BCUT2D eigenvalue weighted by molar-refractivity contribution is -0.118. The highest BCUT2D eigenvalue weighted by Crippen LogP contribution is 2.18. The van der Waals surface area contributed by atoms with E-state index in [4.69, 9.17) is 0 Å². The number of rotatable bonds is 2. The maximum absolute atomic E-state index is 11.3. The number of carbonyl (C=O) groups is 1. The number of amides is 1. The van der Waals surface area contributed by atoms with Crippen LogP contribution in [0.1, 0.15) is 33.6 Å². The summed E-state index contributed by atoms with van der Waals surface area (Å²) in [7, 11) is 0. The number of hydrogen-bond donors (Lipinski definition) is 1. The van der Waals surface area contributed by atoms with Crippen molar-refractivity contribution in [1.29, 1.82) is 0 Å². The minimum atomic E-state index is 0.121. The van der Waals surface area contributed by atoms with Gasteiger partial charge in [-0.2, -0.15) is 0 Å². The Morgan fingerprint density at radius 3 is 2.50 bits per heavy atom. The predicted octanol–water partition coefficient (Wildman–Crippen LogP) is 1.87. The Balaban J connectivity index is 2.28. The molecule has 12 heavy (non-hydrogen) atoms. The van der Waals surface area contributed by atoms with Gasteiger partial charge in [0, 0.05) is 12.1 Å². The van der Waals surface area contributed by atoms with Gasteiger partial charge in [0.2, 0.25) is 5.91 Å². The van der Waals surface area contributed by atoms with Crippen molar-refractivity contribution in [3.8, 4) is 0 Å². The van der Waals surface area contributed by atoms with Crippen LogP contribution in [0.4, 0.5) is 0 Å². The molecule has 2 heteroatoms. The van der Waals surface area contributed by atoms with Crippen molar-refractivity contribution in [1.82, 2.24) is 5.32 Å². The molecule has 1 amide bonds. The van der Waals surface area contributed by atoms with Gasteiger partial charge in [-0.1, -0.05) is 26.8 Å². The second-order valence-corrected chi connectivity index (χ2v) is 4.51. The molecule has 0 saturated carbocycles. The molecule has 0 saturated heterocycles. The maximum Gasteiger partial charge on any atom is 0.246 e. The van der Waals surface area contributed by atoms with Gasteiger partial charge in [-0.05, 0) is 18.3 Å². The molecule has 0 aromatic carbocycles. The van der Waals surface area contributed by atoms with Crippen molar-refractivity contribution in [2.75, 3.05) is 6.54 Å². The lowest BCUT2D eigenvalue weighted by Gasteiger charge is -2.21. The van der Waals surface area contributed by atoms with Gasteiger partial charge in [0.15, 0.2) is 0 Å². The summed E-state index contributed by atoms with van der Waals surface area (Å²) in [5.41, 5.74) is 1.14. The van der Waals surface area contributed by atoms with E-state index in [0.717, 1.165) is 25.0 Å². The van der Waals surface area contributed by atoms with Crippen LogP contribution in [0.3, 0.4) is 0 Å². The predicted molar refractivity (Wildman–Crippen MR) is 49.8 cm³/mol. The molecule has 1 aliphatic carbocycles. The molecule has 0 atom stereocenters. The number of carbonyl (C=O) groups excluding carboxylic acids is 1. The van der Waals surface area contributed by atoms with Crippen LogP contribution in [0, 0.1) is 5.41 Å². The van der Waals surface area contributed by atoms with Crippen molar-refractivity contribution >= 4 is 5.91 Å². The summed E-state index contributed by atoms with van der Waals surface area (Å²) < 4.78 is 0. The fraction of sp³-hybridized carbons (Fsp3) is 0.700. The summed E-state index contributed by atoms with van der Waals surface area (Å²) in [4.78, 5) is 11.3. The molecule has 2 nitrogen and oxygen atoms in total. The van der Waals surface area contributed by atoms with Gasteiger partial charge in [-0.25, -0.2) is 0 Å². The summed E-state index contributed by atoms with van der Waals surface area (Å²) in [6.45, 7) is 7.09. The molecule has 1 N–H and O–H groups in total. The molecule has 0 spiro atoms. The lowest BCUT2D eigenvalue weighted by Crippen LogP contribution is -2.34. The zero-order chi connectivity index (χ0) is 9.19. The van der Waals surface area contributed by atoms with E-state index in [1.165, 1.54) is 0 Å². The Morgan fingerprint density at radius 2 is 2.17 bits per heavy atom. The summed E-state index contributed by atoms with van der Waals surface area (Å²) in [5.74, 6) is 0.121. The number of hydrogen-bond acceptors (Lipinski definition) is 1. The molecule has 0 aliphatic heterocycles. The standard InChI is InChI=1S/C10H17NO/c1-10(2,3)7-11-9(12)8-5-4-6-8/h5H,4,6-7H2,1-3H3,(H,11,12). The average molecular weight is 167 g/mol. The fourth-order valence-electron chi connectivity index (χ4n) is 0.954. The third-order valence-corrected chi connectivity index (χ3v) is 1.88. The van der Waals surface area contributed by atoms with Crippen LogP contribution in [0.5, 0.6) is 0 Å². The van der Waals surface area contributed by atoms with Crippen LogP contribution in [0.25, 0.3) is 0 Å². The van der Waals surface area contributed by atoms with Crippen molar-refractivity contribution < 1.29 is 4.79 Å². The second kappa shape index (κ2) is 3.30. The van der Waals surface area contributed by atoms with Crippen LogP contribution >= 0.6 is 0 Å². The molecule has 0 bridgehead atoms. The summed E-state index contributed by atoms with van der Waals surface area (Å²) in [5, 5.41) is 2.92. The van der Waals surface area contributed by atoms with Crippen LogP contribution in [0.2, 0.25) is 0 Å². The molecule has 1 rings (SSSR count). The first-order valence-electron chi connectivity index (χ1n) is 4.46. The molecule has 0 aromatic heterocycles. The van der Waals surface area contributed by atoms with Gasteiger partial charge < -0.3 is 5.32 Å². The smallest absolute Gasteiger partial charge is 0.246 e. The molecule has 1 aliphatic rings. The van der Waals surface area contributed by atoms with Crippen molar-refractivity contribution in [2.45, 2.75) is 33.6 Å². The van der Waals surface area contributed by atoms with Crippen LogP contribution in [-0.4, -0.2) is 12.5 Å². The molecule has 0 unspecified atom stereocenters. The van der Waals surface area contributed by atoms with E-state index >= 15 is 0 Å². The Hall–Kier alpha value is -0.790. The first-order chi connectivity index (χ1) is 5.49. The van der Waals surface area contributed by atoms with Crippen LogP contribution in [0.15, 0.2) is 11.6 Å². The highest BCUT2D eigenvalue weighted by molar-refractivity contribution is 5.94.